The third kappa shape index (κ3) is 2.46. The predicted octanol–water partition coefficient (Wildman–Crippen LogP) is 3.59. The fourth-order valence-corrected chi connectivity index (χ4v) is 2.49. The molecular weight excluding hydrogens is 290 g/mol. The molecule has 0 radical (unpaired) electrons. The van der Waals surface area contributed by atoms with Crippen LogP contribution in [0, 0.1) is 17.2 Å². The van der Waals surface area contributed by atoms with Gasteiger partial charge in [0.15, 0.2) is 0 Å². The third-order valence-electron chi connectivity index (χ3n) is 2.86. The molecule has 0 saturated carbocycles. The zero-order valence-electron chi connectivity index (χ0n) is 10.4. The molecule has 0 aliphatic carbocycles. The minimum atomic E-state index is -0.0146. The topological polar surface area (TPSA) is 39.9 Å². The Morgan fingerprint density at radius 3 is 2.89 bits per heavy atom. The maximum absolute atomic E-state index is 8.88. The molecule has 0 bridgehead atoms. The summed E-state index contributed by atoms with van der Waals surface area (Å²) in [5.41, 5.74) is 0. The Bertz CT molecular complexity index is 604. The highest BCUT2D eigenvalue weighted by atomic mass is 79.9. The number of aromatic nitrogens is 1. The van der Waals surface area contributed by atoms with E-state index in [1.54, 1.807) is 6.20 Å². The smallest absolute Gasteiger partial charge is 0.136 e. The zero-order valence-corrected chi connectivity index (χ0v) is 12.0. The molecule has 4 heteroatoms. The fraction of sp³-hybridized carbons (Fsp3) is 0.286. The first-order chi connectivity index (χ1) is 8.63. The standard InChI is InChI=1S/C14H14BrN3/c1-10(8-16)9-18(2)14-12-4-3-5-13(15)11(12)6-7-17-14/h3-7,10H,9H2,1-2H3. The Labute approximate surface area is 115 Å². The van der Waals surface area contributed by atoms with Gasteiger partial charge in [-0.15, -0.1) is 0 Å². The van der Waals surface area contributed by atoms with E-state index in [9.17, 15) is 0 Å². The third-order valence-corrected chi connectivity index (χ3v) is 3.55. The van der Waals surface area contributed by atoms with E-state index < -0.39 is 0 Å². The van der Waals surface area contributed by atoms with Crippen LogP contribution in [0.2, 0.25) is 0 Å². The van der Waals surface area contributed by atoms with Crippen LogP contribution in [0.3, 0.4) is 0 Å². The van der Waals surface area contributed by atoms with Crippen LogP contribution in [0.1, 0.15) is 6.92 Å². The summed E-state index contributed by atoms with van der Waals surface area (Å²) < 4.78 is 1.06. The van der Waals surface area contributed by atoms with E-state index in [0.29, 0.717) is 6.54 Å². The first-order valence-electron chi connectivity index (χ1n) is 5.77. The highest BCUT2D eigenvalue weighted by Gasteiger charge is 2.11. The monoisotopic (exact) mass is 303 g/mol. The lowest BCUT2D eigenvalue weighted by molar-refractivity contribution is 0.712. The fourth-order valence-electron chi connectivity index (χ4n) is 2.00. The number of fused-ring (bicyclic) bond motifs is 1. The summed E-state index contributed by atoms with van der Waals surface area (Å²) >= 11 is 3.55. The molecule has 1 aromatic heterocycles. The quantitative estimate of drug-likeness (QED) is 0.870. The van der Waals surface area contributed by atoms with Gasteiger partial charge in [0, 0.05) is 35.0 Å². The van der Waals surface area contributed by atoms with Crippen molar-refractivity contribution in [1.29, 1.82) is 5.26 Å². The molecule has 3 nitrogen and oxygen atoms in total. The van der Waals surface area contributed by atoms with Gasteiger partial charge in [-0.3, -0.25) is 0 Å². The Balaban J connectivity index is 2.46. The highest BCUT2D eigenvalue weighted by Crippen LogP contribution is 2.29. The molecule has 0 saturated heterocycles. The molecule has 0 fully saturated rings. The molecule has 2 aromatic rings. The van der Waals surface area contributed by atoms with Gasteiger partial charge in [0.1, 0.15) is 5.82 Å². The van der Waals surface area contributed by atoms with Crippen LogP contribution in [0.5, 0.6) is 0 Å². The van der Waals surface area contributed by atoms with Crippen molar-refractivity contribution in [3.8, 4) is 6.07 Å². The lowest BCUT2D eigenvalue weighted by Crippen LogP contribution is -2.24. The van der Waals surface area contributed by atoms with Crippen LogP contribution < -0.4 is 4.90 Å². The molecular formula is C14H14BrN3. The maximum Gasteiger partial charge on any atom is 0.136 e. The van der Waals surface area contributed by atoms with Crippen molar-refractivity contribution in [2.75, 3.05) is 18.5 Å². The molecule has 18 heavy (non-hydrogen) atoms. The van der Waals surface area contributed by atoms with Crippen molar-refractivity contribution in [2.24, 2.45) is 5.92 Å². The molecule has 1 heterocycles. The number of benzene rings is 1. The second-order valence-electron chi connectivity index (χ2n) is 4.38. The Kier molecular flexibility index (Phi) is 3.83. The number of halogens is 1. The largest absolute Gasteiger partial charge is 0.358 e. The molecule has 1 aromatic carbocycles. The van der Waals surface area contributed by atoms with Crippen molar-refractivity contribution >= 4 is 32.5 Å². The second-order valence-corrected chi connectivity index (χ2v) is 5.23. The number of pyridine rings is 1. The van der Waals surface area contributed by atoms with Crippen LogP contribution in [-0.2, 0) is 0 Å². The lowest BCUT2D eigenvalue weighted by atomic mass is 10.1. The number of rotatable bonds is 3. The molecule has 0 N–H and O–H groups in total. The van der Waals surface area contributed by atoms with E-state index in [1.165, 1.54) is 0 Å². The summed E-state index contributed by atoms with van der Waals surface area (Å²) in [6, 6.07) is 10.3. The predicted molar refractivity (Wildman–Crippen MR) is 77.5 cm³/mol. The van der Waals surface area contributed by atoms with E-state index in [4.69, 9.17) is 5.26 Å². The van der Waals surface area contributed by atoms with Gasteiger partial charge in [0.2, 0.25) is 0 Å². The summed E-state index contributed by atoms with van der Waals surface area (Å²) in [5, 5.41) is 11.1. The van der Waals surface area contributed by atoms with Gasteiger partial charge < -0.3 is 4.90 Å². The number of anilines is 1. The average molecular weight is 304 g/mol. The van der Waals surface area contributed by atoms with E-state index in [2.05, 4.69) is 33.0 Å². The first-order valence-corrected chi connectivity index (χ1v) is 6.56. The second kappa shape index (κ2) is 5.36. The van der Waals surface area contributed by atoms with Crippen LogP contribution in [-0.4, -0.2) is 18.6 Å². The number of hydrogen-bond acceptors (Lipinski definition) is 3. The van der Waals surface area contributed by atoms with Gasteiger partial charge in [-0.2, -0.15) is 5.26 Å². The molecule has 1 atom stereocenters. The maximum atomic E-state index is 8.88. The van der Waals surface area contributed by atoms with Crippen LogP contribution in [0.15, 0.2) is 34.9 Å². The average Bonchev–Trinajstić information content (AvgIpc) is 2.38. The summed E-state index contributed by atoms with van der Waals surface area (Å²) in [5.74, 6) is 0.898. The number of nitrogens with zero attached hydrogens (tertiary/aromatic N) is 3. The number of nitriles is 1. The Hall–Kier alpha value is -1.60. The number of hydrogen-bond donors (Lipinski definition) is 0. The molecule has 1 unspecified atom stereocenters. The molecule has 0 aliphatic rings. The van der Waals surface area contributed by atoms with E-state index in [0.717, 1.165) is 21.1 Å². The van der Waals surface area contributed by atoms with Crippen molar-refractivity contribution in [1.82, 2.24) is 4.98 Å². The molecule has 0 amide bonds. The summed E-state index contributed by atoms with van der Waals surface area (Å²) in [4.78, 5) is 6.46. The van der Waals surface area contributed by atoms with Gasteiger partial charge in [-0.1, -0.05) is 28.1 Å². The van der Waals surface area contributed by atoms with Crippen molar-refractivity contribution in [2.45, 2.75) is 6.92 Å². The van der Waals surface area contributed by atoms with Crippen molar-refractivity contribution < 1.29 is 0 Å². The molecule has 2 rings (SSSR count). The highest BCUT2D eigenvalue weighted by molar-refractivity contribution is 9.10. The minimum absolute atomic E-state index is 0.0146. The normalized spacial score (nSPS) is 12.1. The van der Waals surface area contributed by atoms with E-state index in [-0.39, 0.29) is 5.92 Å². The van der Waals surface area contributed by atoms with Gasteiger partial charge in [0.05, 0.1) is 12.0 Å². The van der Waals surface area contributed by atoms with Gasteiger partial charge >= 0.3 is 0 Å². The van der Waals surface area contributed by atoms with Crippen molar-refractivity contribution in [3.63, 3.8) is 0 Å². The summed E-state index contributed by atoms with van der Waals surface area (Å²) in [6.07, 6.45) is 1.80. The van der Waals surface area contributed by atoms with Gasteiger partial charge in [-0.25, -0.2) is 4.98 Å². The first kappa shape index (κ1) is 12.8. The SMILES string of the molecule is CC(C#N)CN(C)c1nccc2c(Br)cccc12. The zero-order chi connectivity index (χ0) is 13.1. The van der Waals surface area contributed by atoms with Crippen LogP contribution >= 0.6 is 15.9 Å². The summed E-state index contributed by atoms with van der Waals surface area (Å²) in [7, 11) is 1.97. The minimum Gasteiger partial charge on any atom is -0.358 e. The Morgan fingerprint density at radius 2 is 2.17 bits per heavy atom. The van der Waals surface area contributed by atoms with Crippen molar-refractivity contribution in [3.05, 3.63) is 34.9 Å². The van der Waals surface area contributed by atoms with E-state index >= 15 is 0 Å². The van der Waals surface area contributed by atoms with Crippen LogP contribution in [0.4, 0.5) is 5.82 Å². The molecule has 0 spiro atoms. The molecule has 92 valence electrons. The lowest BCUT2D eigenvalue weighted by Gasteiger charge is -2.21. The summed E-state index contributed by atoms with van der Waals surface area (Å²) in [6.45, 7) is 2.59. The van der Waals surface area contributed by atoms with Crippen LogP contribution in [0.25, 0.3) is 10.8 Å². The van der Waals surface area contributed by atoms with Gasteiger partial charge in [-0.05, 0) is 19.1 Å². The van der Waals surface area contributed by atoms with Gasteiger partial charge in [0.25, 0.3) is 0 Å². The Morgan fingerprint density at radius 1 is 1.39 bits per heavy atom. The van der Waals surface area contributed by atoms with E-state index in [1.807, 2.05) is 37.1 Å². The molecule has 0 aliphatic heterocycles.